The van der Waals surface area contributed by atoms with Crippen LogP contribution < -0.4 is 4.90 Å². The Morgan fingerprint density at radius 3 is 2.40 bits per heavy atom. The molecule has 0 aliphatic rings. The van der Waals surface area contributed by atoms with Gasteiger partial charge in [-0.25, -0.2) is 0 Å². The number of benzene rings is 2. The van der Waals surface area contributed by atoms with Crippen LogP contribution in [0.25, 0.3) is 0 Å². The van der Waals surface area contributed by atoms with Gasteiger partial charge in [0.15, 0.2) is 0 Å². The van der Waals surface area contributed by atoms with Gasteiger partial charge >= 0.3 is 0 Å². The third kappa shape index (κ3) is 3.61. The van der Waals surface area contributed by atoms with Crippen LogP contribution in [0.5, 0.6) is 0 Å². The van der Waals surface area contributed by atoms with Gasteiger partial charge in [-0.2, -0.15) is 0 Å². The summed E-state index contributed by atoms with van der Waals surface area (Å²) in [6, 6.07) is 15.9. The molecule has 3 heteroatoms. The molecule has 0 aromatic heterocycles. The van der Waals surface area contributed by atoms with E-state index < -0.39 is 0 Å². The standard InChI is InChI=1S/C17H18ClNO/c1-3-19(16-9-7-15(18)8-10-16)17-6-4-5-14(12-17)11-13(2)20/h4-10,12H,3,11H2,1-2H3. The van der Waals surface area contributed by atoms with Crippen molar-refractivity contribution in [2.75, 3.05) is 11.4 Å². The molecule has 0 fully saturated rings. The molecule has 0 unspecified atom stereocenters. The molecular formula is C17H18ClNO. The highest BCUT2D eigenvalue weighted by Gasteiger charge is 2.08. The number of ketones is 1. The fraction of sp³-hybridized carbons (Fsp3) is 0.235. The van der Waals surface area contributed by atoms with Crippen LogP contribution in [0.15, 0.2) is 48.5 Å². The minimum atomic E-state index is 0.177. The van der Waals surface area contributed by atoms with Gasteiger partial charge in [0.05, 0.1) is 0 Å². The van der Waals surface area contributed by atoms with Crippen LogP contribution in [-0.4, -0.2) is 12.3 Å². The van der Waals surface area contributed by atoms with Crippen LogP contribution in [-0.2, 0) is 11.2 Å². The summed E-state index contributed by atoms with van der Waals surface area (Å²) in [5.74, 6) is 0.177. The summed E-state index contributed by atoms with van der Waals surface area (Å²) >= 11 is 5.93. The van der Waals surface area contributed by atoms with Crippen LogP contribution in [0.3, 0.4) is 0 Å². The van der Waals surface area contributed by atoms with Crippen LogP contribution in [0.1, 0.15) is 19.4 Å². The van der Waals surface area contributed by atoms with E-state index in [9.17, 15) is 4.79 Å². The predicted octanol–water partition coefficient (Wildman–Crippen LogP) is 4.63. The number of halogens is 1. The number of rotatable bonds is 5. The molecule has 0 heterocycles. The van der Waals surface area contributed by atoms with Crippen molar-refractivity contribution in [2.24, 2.45) is 0 Å². The predicted molar refractivity (Wildman–Crippen MR) is 85.0 cm³/mol. The van der Waals surface area contributed by atoms with Gasteiger partial charge in [0.25, 0.3) is 0 Å². The highest BCUT2D eigenvalue weighted by atomic mass is 35.5. The summed E-state index contributed by atoms with van der Waals surface area (Å²) in [5, 5.41) is 0.732. The molecule has 0 amide bonds. The largest absolute Gasteiger partial charge is 0.342 e. The fourth-order valence-electron chi connectivity index (χ4n) is 2.26. The highest BCUT2D eigenvalue weighted by molar-refractivity contribution is 6.30. The summed E-state index contributed by atoms with van der Waals surface area (Å²) in [5.41, 5.74) is 3.23. The van der Waals surface area contributed by atoms with Crippen molar-refractivity contribution in [2.45, 2.75) is 20.3 Å². The van der Waals surface area contributed by atoms with Gasteiger partial charge < -0.3 is 4.90 Å². The van der Waals surface area contributed by atoms with Crippen molar-refractivity contribution in [1.29, 1.82) is 0 Å². The van der Waals surface area contributed by atoms with Gasteiger partial charge in [0, 0.05) is 29.4 Å². The summed E-state index contributed by atoms with van der Waals surface area (Å²) in [4.78, 5) is 13.4. The molecule has 2 aromatic carbocycles. The Bertz CT molecular complexity index is 592. The van der Waals surface area contributed by atoms with E-state index in [4.69, 9.17) is 11.6 Å². The average Bonchev–Trinajstić information content (AvgIpc) is 2.41. The zero-order valence-electron chi connectivity index (χ0n) is 11.8. The average molecular weight is 288 g/mol. The minimum Gasteiger partial charge on any atom is -0.342 e. The van der Waals surface area contributed by atoms with E-state index in [0.29, 0.717) is 6.42 Å². The van der Waals surface area contributed by atoms with E-state index >= 15 is 0 Å². The van der Waals surface area contributed by atoms with Crippen molar-refractivity contribution < 1.29 is 4.79 Å². The summed E-state index contributed by atoms with van der Waals surface area (Å²) in [7, 11) is 0. The molecule has 0 saturated heterocycles. The molecule has 2 aromatic rings. The summed E-state index contributed by atoms with van der Waals surface area (Å²) in [6.07, 6.45) is 0.478. The lowest BCUT2D eigenvalue weighted by atomic mass is 10.1. The molecule has 0 atom stereocenters. The summed E-state index contributed by atoms with van der Waals surface area (Å²) in [6.45, 7) is 4.57. The Kier molecular flexibility index (Phi) is 4.80. The van der Waals surface area contributed by atoms with Crippen molar-refractivity contribution in [3.63, 3.8) is 0 Å². The van der Waals surface area contributed by atoms with E-state index in [1.165, 1.54) is 0 Å². The number of hydrogen-bond acceptors (Lipinski definition) is 2. The second-order valence-corrected chi connectivity index (χ2v) is 5.21. The Hall–Kier alpha value is -1.80. The van der Waals surface area contributed by atoms with Gasteiger partial charge in [-0.05, 0) is 55.8 Å². The first kappa shape index (κ1) is 14.6. The van der Waals surface area contributed by atoms with Crippen LogP contribution in [0.4, 0.5) is 11.4 Å². The lowest BCUT2D eigenvalue weighted by Crippen LogP contribution is -2.16. The Morgan fingerprint density at radius 2 is 1.80 bits per heavy atom. The van der Waals surface area contributed by atoms with Crippen LogP contribution in [0.2, 0.25) is 5.02 Å². The van der Waals surface area contributed by atoms with Crippen molar-refractivity contribution >= 4 is 28.8 Å². The topological polar surface area (TPSA) is 20.3 Å². The number of anilines is 2. The first-order valence-electron chi connectivity index (χ1n) is 6.71. The lowest BCUT2D eigenvalue weighted by molar-refractivity contribution is -0.116. The molecule has 0 bridgehead atoms. The molecule has 0 radical (unpaired) electrons. The molecule has 0 spiro atoms. The van der Waals surface area contributed by atoms with Crippen LogP contribution in [0, 0.1) is 0 Å². The van der Waals surface area contributed by atoms with Crippen molar-refractivity contribution in [1.82, 2.24) is 0 Å². The van der Waals surface area contributed by atoms with Gasteiger partial charge in [-0.3, -0.25) is 4.79 Å². The molecule has 2 rings (SSSR count). The Balaban J connectivity index is 2.31. The minimum absolute atomic E-state index is 0.177. The normalized spacial score (nSPS) is 10.3. The number of nitrogens with zero attached hydrogens (tertiary/aromatic N) is 1. The smallest absolute Gasteiger partial charge is 0.134 e. The Morgan fingerprint density at radius 1 is 1.10 bits per heavy atom. The first-order chi connectivity index (χ1) is 9.60. The highest BCUT2D eigenvalue weighted by Crippen LogP contribution is 2.27. The molecule has 0 N–H and O–H groups in total. The first-order valence-corrected chi connectivity index (χ1v) is 7.09. The molecule has 104 valence electrons. The zero-order valence-corrected chi connectivity index (χ0v) is 12.5. The number of Topliss-reactive ketones (excluding diaryl/α,β-unsaturated/α-hetero) is 1. The second-order valence-electron chi connectivity index (χ2n) is 4.77. The summed E-state index contributed by atoms with van der Waals surface area (Å²) < 4.78 is 0. The Labute approximate surface area is 125 Å². The molecule has 20 heavy (non-hydrogen) atoms. The number of carbonyl (C=O) groups is 1. The van der Waals surface area contributed by atoms with E-state index in [-0.39, 0.29) is 5.78 Å². The SMILES string of the molecule is CCN(c1ccc(Cl)cc1)c1cccc(CC(C)=O)c1. The lowest BCUT2D eigenvalue weighted by Gasteiger charge is -2.24. The van der Waals surface area contributed by atoms with E-state index in [1.54, 1.807) is 6.92 Å². The molecule has 0 saturated carbocycles. The van der Waals surface area contributed by atoms with Crippen molar-refractivity contribution in [3.8, 4) is 0 Å². The third-order valence-corrected chi connectivity index (χ3v) is 3.38. The van der Waals surface area contributed by atoms with Gasteiger partial charge in [-0.15, -0.1) is 0 Å². The van der Waals surface area contributed by atoms with E-state index in [1.807, 2.05) is 36.4 Å². The van der Waals surface area contributed by atoms with E-state index in [0.717, 1.165) is 28.5 Å². The van der Waals surface area contributed by atoms with Gasteiger partial charge in [-0.1, -0.05) is 23.7 Å². The maximum Gasteiger partial charge on any atom is 0.134 e. The number of carbonyl (C=O) groups excluding carboxylic acids is 1. The maximum atomic E-state index is 11.2. The molecular weight excluding hydrogens is 270 g/mol. The van der Waals surface area contributed by atoms with Crippen LogP contribution >= 0.6 is 11.6 Å². The second kappa shape index (κ2) is 6.58. The fourth-order valence-corrected chi connectivity index (χ4v) is 2.38. The molecule has 2 nitrogen and oxygen atoms in total. The monoisotopic (exact) mass is 287 g/mol. The maximum absolute atomic E-state index is 11.2. The third-order valence-electron chi connectivity index (χ3n) is 3.13. The quantitative estimate of drug-likeness (QED) is 0.799. The zero-order chi connectivity index (χ0) is 14.5. The van der Waals surface area contributed by atoms with Gasteiger partial charge in [0.2, 0.25) is 0 Å². The van der Waals surface area contributed by atoms with Crippen molar-refractivity contribution in [3.05, 3.63) is 59.1 Å². The molecule has 0 aliphatic heterocycles. The molecule has 0 aliphatic carbocycles. The number of hydrogen-bond donors (Lipinski definition) is 0. The van der Waals surface area contributed by atoms with Gasteiger partial charge in [0.1, 0.15) is 5.78 Å². The van der Waals surface area contributed by atoms with E-state index in [2.05, 4.69) is 24.0 Å².